The molecule has 152 valence electrons. The van der Waals surface area contributed by atoms with Crippen molar-refractivity contribution in [2.24, 2.45) is 5.73 Å². The van der Waals surface area contributed by atoms with E-state index in [4.69, 9.17) is 26.5 Å². The molecular formula is C21H23ClN4O3. The fourth-order valence-electron chi connectivity index (χ4n) is 2.51. The van der Waals surface area contributed by atoms with E-state index in [1.807, 2.05) is 42.5 Å². The quantitative estimate of drug-likeness (QED) is 0.584. The third kappa shape index (κ3) is 5.63. The highest BCUT2D eigenvalue weighted by molar-refractivity contribution is 6.33. The van der Waals surface area contributed by atoms with Gasteiger partial charge in [-0.25, -0.2) is 0 Å². The summed E-state index contributed by atoms with van der Waals surface area (Å²) in [6, 6.07) is 16.2. The fourth-order valence-corrected chi connectivity index (χ4v) is 2.72. The van der Waals surface area contributed by atoms with Crippen molar-refractivity contribution in [2.75, 3.05) is 6.61 Å². The molecule has 1 aromatic heterocycles. The molecule has 0 aliphatic heterocycles. The van der Waals surface area contributed by atoms with Gasteiger partial charge in [0.15, 0.2) is 0 Å². The molecule has 3 N–H and O–H groups in total. The lowest BCUT2D eigenvalue weighted by Gasteiger charge is -2.22. The molecule has 29 heavy (non-hydrogen) atoms. The average Bonchev–Trinajstić information content (AvgIpc) is 3.17. The summed E-state index contributed by atoms with van der Waals surface area (Å²) in [5.41, 5.74) is 6.46. The molecule has 1 unspecified atom stereocenters. The van der Waals surface area contributed by atoms with Crippen molar-refractivity contribution in [1.29, 1.82) is 0 Å². The number of rotatable bonds is 8. The van der Waals surface area contributed by atoms with Crippen LogP contribution in [0.25, 0.3) is 11.5 Å². The van der Waals surface area contributed by atoms with Crippen LogP contribution in [0.5, 0.6) is 0 Å². The molecule has 0 fully saturated rings. The van der Waals surface area contributed by atoms with Crippen LogP contribution in [0, 0.1) is 0 Å². The van der Waals surface area contributed by atoms with E-state index in [1.54, 1.807) is 26.0 Å². The van der Waals surface area contributed by atoms with Gasteiger partial charge in [-0.3, -0.25) is 4.79 Å². The Morgan fingerprint density at radius 3 is 2.55 bits per heavy atom. The van der Waals surface area contributed by atoms with E-state index in [0.717, 1.165) is 5.56 Å². The molecule has 3 rings (SSSR count). The summed E-state index contributed by atoms with van der Waals surface area (Å²) in [4.78, 5) is 12.4. The summed E-state index contributed by atoms with van der Waals surface area (Å²) in [7, 11) is 0. The zero-order valence-corrected chi connectivity index (χ0v) is 17.0. The Balaban J connectivity index is 1.77. The van der Waals surface area contributed by atoms with E-state index >= 15 is 0 Å². The molecule has 0 spiro atoms. The molecule has 7 nitrogen and oxygen atoms in total. The first-order valence-corrected chi connectivity index (χ1v) is 9.52. The summed E-state index contributed by atoms with van der Waals surface area (Å²) in [6.07, 6.45) is 0. The second-order valence-corrected chi connectivity index (χ2v) is 7.58. The molecule has 0 radical (unpaired) electrons. The molecule has 1 heterocycles. The van der Waals surface area contributed by atoms with Gasteiger partial charge in [-0.05, 0) is 31.5 Å². The van der Waals surface area contributed by atoms with Crippen LogP contribution in [0.2, 0.25) is 5.02 Å². The molecule has 0 aliphatic rings. The smallest absolute Gasteiger partial charge is 0.249 e. The molecule has 2 aromatic carbocycles. The number of carbonyl (C=O) groups excluding carboxylic acids is 1. The molecule has 0 saturated heterocycles. The van der Waals surface area contributed by atoms with Gasteiger partial charge in [0.05, 0.1) is 29.3 Å². The number of carbonyl (C=O) groups is 1. The number of benzene rings is 2. The topological polar surface area (TPSA) is 103 Å². The minimum Gasteiger partial charge on any atom is -0.418 e. The van der Waals surface area contributed by atoms with Gasteiger partial charge in [-0.2, -0.15) is 0 Å². The normalized spacial score (nSPS) is 12.6. The van der Waals surface area contributed by atoms with Crippen molar-refractivity contribution in [3.8, 4) is 11.5 Å². The van der Waals surface area contributed by atoms with Crippen molar-refractivity contribution >= 4 is 17.5 Å². The highest BCUT2D eigenvalue weighted by Gasteiger charge is 2.28. The molecule has 0 aliphatic carbocycles. The average molecular weight is 415 g/mol. The third-order valence-electron chi connectivity index (χ3n) is 4.13. The summed E-state index contributed by atoms with van der Waals surface area (Å²) >= 11 is 6.20. The van der Waals surface area contributed by atoms with Crippen molar-refractivity contribution in [2.45, 2.75) is 32.0 Å². The minimum atomic E-state index is -1.07. The predicted octanol–water partition coefficient (Wildman–Crippen LogP) is 3.50. The van der Waals surface area contributed by atoms with Crippen molar-refractivity contribution in [1.82, 2.24) is 15.5 Å². The van der Waals surface area contributed by atoms with Gasteiger partial charge in [0.1, 0.15) is 6.04 Å². The van der Waals surface area contributed by atoms with Crippen LogP contribution in [0.1, 0.15) is 31.3 Å². The van der Waals surface area contributed by atoms with Gasteiger partial charge in [0, 0.05) is 0 Å². The lowest BCUT2D eigenvalue weighted by molar-refractivity contribution is -0.126. The number of amides is 1. The van der Waals surface area contributed by atoms with Crippen LogP contribution in [0.3, 0.4) is 0 Å². The lowest BCUT2D eigenvalue weighted by atomic mass is 10.1. The number of ether oxygens (including phenoxy) is 1. The van der Waals surface area contributed by atoms with Gasteiger partial charge in [-0.15, -0.1) is 10.2 Å². The van der Waals surface area contributed by atoms with E-state index in [2.05, 4.69) is 15.5 Å². The zero-order chi connectivity index (χ0) is 20.9. The standard InChI is InChI=1S/C21H23ClN4O3/c1-21(2,23)20(27)24-17(13-28-12-14-8-4-3-5-9-14)19-26-25-18(29-19)15-10-6-7-11-16(15)22/h3-11,17H,12-13,23H2,1-2H3,(H,24,27). The SMILES string of the molecule is CC(C)(N)C(=O)NC(COCc1ccccc1)c1nnc(-c2ccccc2Cl)o1. The zero-order valence-electron chi connectivity index (χ0n) is 16.3. The van der Waals surface area contributed by atoms with Gasteiger partial charge in [0.25, 0.3) is 0 Å². The fraction of sp³-hybridized carbons (Fsp3) is 0.286. The van der Waals surface area contributed by atoms with Crippen molar-refractivity contribution < 1.29 is 13.9 Å². The van der Waals surface area contributed by atoms with Gasteiger partial charge in [-0.1, -0.05) is 54.1 Å². The van der Waals surface area contributed by atoms with E-state index in [-0.39, 0.29) is 24.3 Å². The monoisotopic (exact) mass is 414 g/mol. The number of halogens is 1. The Hall–Kier alpha value is -2.74. The third-order valence-corrected chi connectivity index (χ3v) is 4.46. The molecular weight excluding hydrogens is 392 g/mol. The second kappa shape index (κ2) is 9.17. The lowest BCUT2D eigenvalue weighted by Crippen LogP contribution is -2.50. The molecule has 1 amide bonds. The number of aromatic nitrogens is 2. The molecule has 8 heteroatoms. The maximum Gasteiger partial charge on any atom is 0.249 e. The highest BCUT2D eigenvalue weighted by Crippen LogP contribution is 2.27. The Bertz CT molecular complexity index is 954. The Morgan fingerprint density at radius 1 is 1.17 bits per heavy atom. The number of hydrogen-bond donors (Lipinski definition) is 2. The first-order chi connectivity index (χ1) is 13.8. The molecule has 3 aromatic rings. The van der Waals surface area contributed by atoms with Gasteiger partial charge in [0.2, 0.25) is 17.7 Å². The maximum absolute atomic E-state index is 12.4. The predicted molar refractivity (Wildman–Crippen MR) is 110 cm³/mol. The molecule has 0 saturated carbocycles. The van der Waals surface area contributed by atoms with Crippen LogP contribution in [0.15, 0.2) is 59.0 Å². The molecule has 1 atom stereocenters. The van der Waals surface area contributed by atoms with Crippen LogP contribution < -0.4 is 11.1 Å². The Kier molecular flexibility index (Phi) is 6.64. The summed E-state index contributed by atoms with van der Waals surface area (Å²) in [6.45, 7) is 3.76. The largest absolute Gasteiger partial charge is 0.418 e. The van der Waals surface area contributed by atoms with Crippen molar-refractivity contribution in [3.63, 3.8) is 0 Å². The van der Waals surface area contributed by atoms with E-state index in [1.165, 1.54) is 0 Å². The minimum absolute atomic E-state index is 0.140. The maximum atomic E-state index is 12.4. The number of nitrogens with zero attached hydrogens (tertiary/aromatic N) is 2. The Labute approximate surface area is 174 Å². The first kappa shape index (κ1) is 21.0. The summed E-state index contributed by atoms with van der Waals surface area (Å²) in [5.74, 6) is 0.119. The van der Waals surface area contributed by atoms with Crippen LogP contribution in [0.4, 0.5) is 0 Å². The first-order valence-electron chi connectivity index (χ1n) is 9.14. The number of nitrogens with two attached hydrogens (primary N) is 1. The van der Waals surface area contributed by atoms with Crippen LogP contribution >= 0.6 is 11.6 Å². The van der Waals surface area contributed by atoms with E-state index < -0.39 is 11.6 Å². The Morgan fingerprint density at radius 2 is 1.86 bits per heavy atom. The van der Waals surface area contributed by atoms with Crippen LogP contribution in [-0.2, 0) is 16.1 Å². The van der Waals surface area contributed by atoms with Crippen LogP contribution in [-0.4, -0.2) is 28.3 Å². The molecule has 0 bridgehead atoms. The number of hydrogen-bond acceptors (Lipinski definition) is 6. The van der Waals surface area contributed by atoms with E-state index in [9.17, 15) is 4.79 Å². The van der Waals surface area contributed by atoms with Crippen molar-refractivity contribution in [3.05, 3.63) is 71.1 Å². The van der Waals surface area contributed by atoms with Gasteiger partial charge >= 0.3 is 0 Å². The van der Waals surface area contributed by atoms with E-state index in [0.29, 0.717) is 17.2 Å². The number of nitrogens with one attached hydrogen (secondary N) is 1. The second-order valence-electron chi connectivity index (χ2n) is 7.17. The summed E-state index contributed by atoms with van der Waals surface area (Å²) < 4.78 is 11.6. The highest BCUT2D eigenvalue weighted by atomic mass is 35.5. The van der Waals surface area contributed by atoms with Gasteiger partial charge < -0.3 is 20.2 Å². The summed E-state index contributed by atoms with van der Waals surface area (Å²) in [5, 5.41) is 11.5.